The second kappa shape index (κ2) is 9.27. The molecule has 5 nitrogen and oxygen atoms in total. The van der Waals surface area contributed by atoms with Crippen LogP contribution in [0.15, 0.2) is 72.8 Å². The minimum Gasteiger partial charge on any atom is -0.497 e. The van der Waals surface area contributed by atoms with Crippen LogP contribution in [0, 0.1) is 6.92 Å². The number of aryl methyl sites for hydroxylation is 1. The molecule has 164 valence electrons. The van der Waals surface area contributed by atoms with Crippen molar-refractivity contribution in [2.75, 3.05) is 30.0 Å². The van der Waals surface area contributed by atoms with Gasteiger partial charge in [0.15, 0.2) is 0 Å². The summed E-state index contributed by atoms with van der Waals surface area (Å²) >= 11 is 0. The number of hydrogen-bond donors (Lipinski definition) is 0. The summed E-state index contributed by atoms with van der Waals surface area (Å²) < 4.78 is 5.20. The Balaban J connectivity index is 1.65. The van der Waals surface area contributed by atoms with Crippen molar-refractivity contribution in [3.8, 4) is 5.75 Å². The molecule has 0 unspecified atom stereocenters. The van der Waals surface area contributed by atoms with Gasteiger partial charge in [0.2, 0.25) is 5.91 Å². The summed E-state index contributed by atoms with van der Waals surface area (Å²) in [6.45, 7) is 5.11. The van der Waals surface area contributed by atoms with Crippen LogP contribution in [0.25, 0.3) is 0 Å². The van der Waals surface area contributed by atoms with Crippen LogP contribution in [-0.4, -0.2) is 32.0 Å². The molecule has 1 aliphatic heterocycles. The largest absolute Gasteiger partial charge is 0.497 e. The normalized spacial score (nSPS) is 15.1. The molecular formula is C27H28N2O3. The number of nitrogens with zero attached hydrogens (tertiary/aromatic N) is 2. The van der Waals surface area contributed by atoms with E-state index in [9.17, 15) is 9.59 Å². The third-order valence-corrected chi connectivity index (χ3v) is 6.11. The highest BCUT2D eigenvalue weighted by Crippen LogP contribution is 2.38. The lowest BCUT2D eigenvalue weighted by molar-refractivity contribution is -0.120. The van der Waals surface area contributed by atoms with E-state index in [-0.39, 0.29) is 17.7 Å². The molecule has 4 rings (SSSR count). The first-order valence-corrected chi connectivity index (χ1v) is 11.0. The number of para-hydroxylation sites is 2. The molecule has 1 heterocycles. The van der Waals surface area contributed by atoms with Gasteiger partial charge in [0.25, 0.3) is 5.91 Å². The lowest BCUT2D eigenvalue weighted by Gasteiger charge is -2.36. The lowest BCUT2D eigenvalue weighted by atomic mass is 9.88. The van der Waals surface area contributed by atoms with E-state index in [1.165, 1.54) is 0 Å². The van der Waals surface area contributed by atoms with Gasteiger partial charge in [-0.2, -0.15) is 0 Å². The van der Waals surface area contributed by atoms with Gasteiger partial charge in [-0.3, -0.25) is 9.59 Å². The van der Waals surface area contributed by atoms with E-state index < -0.39 is 0 Å². The predicted molar refractivity (Wildman–Crippen MR) is 128 cm³/mol. The van der Waals surface area contributed by atoms with Crippen LogP contribution >= 0.6 is 0 Å². The zero-order chi connectivity index (χ0) is 22.7. The average Bonchev–Trinajstić information content (AvgIpc) is 2.84. The molecule has 3 aromatic carbocycles. The summed E-state index contributed by atoms with van der Waals surface area (Å²) in [4.78, 5) is 30.6. The topological polar surface area (TPSA) is 49.9 Å². The van der Waals surface area contributed by atoms with E-state index in [0.717, 1.165) is 22.5 Å². The number of anilines is 2. The Labute approximate surface area is 189 Å². The van der Waals surface area contributed by atoms with E-state index in [4.69, 9.17) is 4.74 Å². The highest BCUT2D eigenvalue weighted by Gasteiger charge is 2.35. The summed E-state index contributed by atoms with van der Waals surface area (Å²) in [6.07, 6.45) is 0.583. The second-order valence-corrected chi connectivity index (χ2v) is 7.95. The van der Waals surface area contributed by atoms with Gasteiger partial charge in [-0.05, 0) is 67.8 Å². The molecule has 3 aromatic rings. The standard InChI is InChI=1S/C27H28N2O3/c1-4-28(24-11-7-5-9-19(24)2)27(31)23-17-18-29(25-12-8-6-10-22(23)25)26(30)20-13-15-21(32-3)16-14-20/h5-16,23H,4,17-18H2,1-3H3/t23-/m0/s1. The van der Waals surface area contributed by atoms with Crippen molar-refractivity contribution in [3.05, 3.63) is 89.5 Å². The molecular weight excluding hydrogens is 400 g/mol. The molecule has 1 aliphatic rings. The summed E-state index contributed by atoms with van der Waals surface area (Å²) in [5.41, 5.74) is 4.31. The minimum atomic E-state index is -0.286. The van der Waals surface area contributed by atoms with Crippen LogP contribution in [0.2, 0.25) is 0 Å². The summed E-state index contributed by atoms with van der Waals surface area (Å²) in [6, 6.07) is 22.8. The molecule has 0 saturated heterocycles. The zero-order valence-corrected chi connectivity index (χ0v) is 18.7. The number of carbonyl (C=O) groups is 2. The molecule has 0 radical (unpaired) electrons. The van der Waals surface area contributed by atoms with Crippen LogP contribution in [0.4, 0.5) is 11.4 Å². The number of likely N-dealkylation sites (N-methyl/N-ethyl adjacent to an activating group) is 1. The van der Waals surface area contributed by atoms with Crippen molar-refractivity contribution < 1.29 is 14.3 Å². The summed E-state index contributed by atoms with van der Waals surface area (Å²) in [5.74, 6) is 0.427. The number of fused-ring (bicyclic) bond motifs is 1. The van der Waals surface area contributed by atoms with Crippen molar-refractivity contribution in [2.45, 2.75) is 26.2 Å². The Bertz CT molecular complexity index is 1120. The van der Waals surface area contributed by atoms with Crippen LogP contribution < -0.4 is 14.5 Å². The Kier molecular flexibility index (Phi) is 6.26. The molecule has 0 fully saturated rings. The van der Waals surface area contributed by atoms with Gasteiger partial charge in [-0.15, -0.1) is 0 Å². The third kappa shape index (κ3) is 3.98. The van der Waals surface area contributed by atoms with Crippen molar-refractivity contribution in [3.63, 3.8) is 0 Å². The van der Waals surface area contributed by atoms with Gasteiger partial charge >= 0.3 is 0 Å². The quantitative estimate of drug-likeness (QED) is 0.562. The van der Waals surface area contributed by atoms with E-state index >= 15 is 0 Å². The van der Waals surface area contributed by atoms with E-state index in [1.807, 2.05) is 67.3 Å². The molecule has 0 aromatic heterocycles. The van der Waals surface area contributed by atoms with Crippen molar-refractivity contribution in [1.29, 1.82) is 0 Å². The fourth-order valence-corrected chi connectivity index (χ4v) is 4.42. The monoisotopic (exact) mass is 428 g/mol. The Morgan fingerprint density at radius 3 is 2.38 bits per heavy atom. The molecule has 2 amide bonds. The van der Waals surface area contributed by atoms with Gasteiger partial charge in [0, 0.05) is 30.0 Å². The Morgan fingerprint density at radius 2 is 1.69 bits per heavy atom. The second-order valence-electron chi connectivity index (χ2n) is 7.95. The molecule has 0 spiro atoms. The maximum absolute atomic E-state index is 13.7. The van der Waals surface area contributed by atoms with Crippen LogP contribution in [0.1, 0.15) is 40.7 Å². The maximum Gasteiger partial charge on any atom is 0.258 e. The van der Waals surface area contributed by atoms with Crippen molar-refractivity contribution >= 4 is 23.2 Å². The van der Waals surface area contributed by atoms with Crippen LogP contribution in [0.3, 0.4) is 0 Å². The minimum absolute atomic E-state index is 0.0720. The molecule has 32 heavy (non-hydrogen) atoms. The van der Waals surface area contributed by atoms with Crippen molar-refractivity contribution in [2.24, 2.45) is 0 Å². The van der Waals surface area contributed by atoms with Gasteiger partial charge in [0.05, 0.1) is 13.0 Å². The predicted octanol–water partition coefficient (Wildman–Crippen LogP) is 5.19. The van der Waals surface area contributed by atoms with E-state index in [1.54, 1.807) is 36.3 Å². The molecule has 5 heteroatoms. The van der Waals surface area contributed by atoms with Crippen LogP contribution in [-0.2, 0) is 4.79 Å². The Hall–Kier alpha value is -3.60. The number of benzene rings is 3. The third-order valence-electron chi connectivity index (χ3n) is 6.11. The fourth-order valence-electron chi connectivity index (χ4n) is 4.42. The van der Waals surface area contributed by atoms with E-state index in [0.29, 0.717) is 30.8 Å². The lowest BCUT2D eigenvalue weighted by Crippen LogP contribution is -2.42. The molecule has 1 atom stereocenters. The molecule has 0 aliphatic carbocycles. The van der Waals surface area contributed by atoms with Gasteiger partial charge < -0.3 is 14.5 Å². The molecule has 0 bridgehead atoms. The van der Waals surface area contributed by atoms with Crippen molar-refractivity contribution in [1.82, 2.24) is 0 Å². The first kappa shape index (κ1) is 21.6. The summed E-state index contributed by atoms with van der Waals surface area (Å²) in [7, 11) is 1.60. The first-order valence-electron chi connectivity index (χ1n) is 11.0. The van der Waals surface area contributed by atoms with E-state index in [2.05, 4.69) is 0 Å². The van der Waals surface area contributed by atoms with Crippen LogP contribution in [0.5, 0.6) is 5.75 Å². The number of ether oxygens (including phenoxy) is 1. The fraction of sp³-hybridized carbons (Fsp3) is 0.259. The zero-order valence-electron chi connectivity index (χ0n) is 18.7. The smallest absolute Gasteiger partial charge is 0.258 e. The van der Waals surface area contributed by atoms with Gasteiger partial charge in [0.1, 0.15) is 5.75 Å². The van der Waals surface area contributed by atoms with Gasteiger partial charge in [-0.25, -0.2) is 0 Å². The highest BCUT2D eigenvalue weighted by molar-refractivity contribution is 6.08. The highest BCUT2D eigenvalue weighted by atomic mass is 16.5. The number of rotatable bonds is 5. The average molecular weight is 429 g/mol. The summed E-state index contributed by atoms with van der Waals surface area (Å²) in [5, 5.41) is 0. The number of carbonyl (C=O) groups excluding carboxylic acids is 2. The SMILES string of the molecule is CCN(C(=O)[C@H]1CCN(C(=O)c2ccc(OC)cc2)c2ccccc21)c1ccccc1C. The first-order chi connectivity index (χ1) is 15.5. The number of hydrogen-bond acceptors (Lipinski definition) is 3. The Morgan fingerprint density at radius 1 is 1.00 bits per heavy atom. The molecule has 0 N–H and O–H groups in total. The molecule has 0 saturated carbocycles. The number of amides is 2. The van der Waals surface area contributed by atoms with Gasteiger partial charge in [-0.1, -0.05) is 36.4 Å². The maximum atomic E-state index is 13.7. The number of methoxy groups -OCH3 is 1.